The fourth-order valence-corrected chi connectivity index (χ4v) is 1.95. The predicted octanol–water partition coefficient (Wildman–Crippen LogP) is 2.84. The number of aromatic hydroxyl groups is 1. The zero-order valence-electron chi connectivity index (χ0n) is 12.3. The van der Waals surface area contributed by atoms with Gasteiger partial charge in [0.15, 0.2) is 0 Å². The van der Waals surface area contributed by atoms with Gasteiger partial charge in [0.2, 0.25) is 0 Å². The number of carbonyl (C=O) groups excluding carboxylic acids is 2. The molecule has 0 aliphatic heterocycles. The van der Waals surface area contributed by atoms with E-state index in [0.29, 0.717) is 11.1 Å². The van der Waals surface area contributed by atoms with Gasteiger partial charge in [0.05, 0.1) is 12.7 Å². The quantitative estimate of drug-likeness (QED) is 0.879. The highest BCUT2D eigenvalue weighted by atomic mass is 16.5. The molecular weight excluding hydrogens is 284 g/mol. The number of rotatable bonds is 4. The maximum absolute atomic E-state index is 12.0. The molecule has 2 rings (SSSR count). The van der Waals surface area contributed by atoms with Crippen molar-refractivity contribution >= 4 is 11.9 Å². The molecule has 0 aliphatic rings. The molecule has 2 aromatic carbocycles. The highest BCUT2D eigenvalue weighted by Crippen LogP contribution is 2.20. The molecule has 0 amide bonds. The normalized spacial score (nSPS) is 10.1. The average molecular weight is 300 g/mol. The first-order valence-electron chi connectivity index (χ1n) is 6.65. The van der Waals surface area contributed by atoms with Crippen molar-refractivity contribution in [3.8, 4) is 5.75 Å². The fraction of sp³-hybridized carbons (Fsp3) is 0.176. The Morgan fingerprint density at radius 3 is 2.55 bits per heavy atom. The van der Waals surface area contributed by atoms with E-state index in [9.17, 15) is 14.7 Å². The van der Waals surface area contributed by atoms with Crippen LogP contribution in [-0.4, -0.2) is 24.2 Å². The largest absolute Gasteiger partial charge is 0.507 e. The number of aryl methyl sites for hydroxylation is 1. The second-order valence-corrected chi connectivity index (χ2v) is 4.79. The van der Waals surface area contributed by atoms with Gasteiger partial charge in [0.1, 0.15) is 17.9 Å². The number of methoxy groups -OCH3 is 1. The second kappa shape index (κ2) is 6.76. The Balaban J connectivity index is 2.06. The number of carbonyl (C=O) groups is 2. The Hall–Kier alpha value is -2.82. The summed E-state index contributed by atoms with van der Waals surface area (Å²) in [7, 11) is 1.30. The van der Waals surface area contributed by atoms with Crippen molar-refractivity contribution < 1.29 is 24.2 Å². The summed E-state index contributed by atoms with van der Waals surface area (Å²) in [4.78, 5) is 23.4. The number of hydrogen-bond donors (Lipinski definition) is 1. The molecule has 0 atom stereocenters. The summed E-state index contributed by atoms with van der Waals surface area (Å²) in [6.45, 7) is 1.81. The van der Waals surface area contributed by atoms with Crippen LogP contribution in [0.3, 0.4) is 0 Å². The van der Waals surface area contributed by atoms with Crippen molar-refractivity contribution in [3.63, 3.8) is 0 Å². The van der Waals surface area contributed by atoms with Gasteiger partial charge in [-0.05, 0) is 42.3 Å². The van der Waals surface area contributed by atoms with E-state index in [-0.39, 0.29) is 17.9 Å². The molecule has 0 fully saturated rings. The SMILES string of the molecule is COC(=O)c1cccc(COC(=O)c2ccc(C)cc2O)c1. The summed E-state index contributed by atoms with van der Waals surface area (Å²) in [6, 6.07) is 11.3. The molecule has 0 spiro atoms. The average Bonchev–Trinajstić information content (AvgIpc) is 2.52. The van der Waals surface area contributed by atoms with Gasteiger partial charge in [-0.1, -0.05) is 18.2 Å². The molecule has 114 valence electrons. The Morgan fingerprint density at radius 2 is 1.86 bits per heavy atom. The lowest BCUT2D eigenvalue weighted by atomic mass is 10.1. The van der Waals surface area contributed by atoms with Gasteiger partial charge in [0, 0.05) is 0 Å². The third-order valence-electron chi connectivity index (χ3n) is 3.09. The number of hydrogen-bond acceptors (Lipinski definition) is 5. The van der Waals surface area contributed by atoms with Gasteiger partial charge in [0.25, 0.3) is 0 Å². The lowest BCUT2D eigenvalue weighted by molar-refractivity contribution is 0.0469. The molecule has 1 N–H and O–H groups in total. The molecule has 2 aromatic rings. The second-order valence-electron chi connectivity index (χ2n) is 4.79. The van der Waals surface area contributed by atoms with Crippen molar-refractivity contribution in [2.75, 3.05) is 7.11 Å². The highest BCUT2D eigenvalue weighted by molar-refractivity contribution is 5.92. The third kappa shape index (κ3) is 3.63. The first kappa shape index (κ1) is 15.6. The smallest absolute Gasteiger partial charge is 0.342 e. The standard InChI is InChI=1S/C17H16O5/c1-11-6-7-14(15(18)8-11)17(20)22-10-12-4-3-5-13(9-12)16(19)21-2/h3-9,18H,10H2,1-2H3. The zero-order valence-corrected chi connectivity index (χ0v) is 12.3. The lowest BCUT2D eigenvalue weighted by Gasteiger charge is -2.08. The van der Waals surface area contributed by atoms with Crippen molar-refractivity contribution in [1.82, 2.24) is 0 Å². The highest BCUT2D eigenvalue weighted by Gasteiger charge is 2.13. The molecule has 22 heavy (non-hydrogen) atoms. The van der Waals surface area contributed by atoms with Crippen LogP contribution < -0.4 is 0 Å². The van der Waals surface area contributed by atoms with Crippen molar-refractivity contribution in [2.24, 2.45) is 0 Å². The van der Waals surface area contributed by atoms with Gasteiger partial charge < -0.3 is 14.6 Å². The van der Waals surface area contributed by atoms with E-state index in [1.165, 1.54) is 19.2 Å². The van der Waals surface area contributed by atoms with Crippen LogP contribution in [0, 0.1) is 6.92 Å². The molecule has 0 aromatic heterocycles. The number of benzene rings is 2. The summed E-state index contributed by atoms with van der Waals surface area (Å²) in [5, 5.41) is 9.75. The number of phenols is 1. The van der Waals surface area contributed by atoms with Crippen LogP contribution in [0.1, 0.15) is 31.8 Å². The van der Waals surface area contributed by atoms with E-state index in [1.54, 1.807) is 30.3 Å². The molecular formula is C17H16O5. The number of esters is 2. The van der Waals surface area contributed by atoms with E-state index in [1.807, 2.05) is 6.92 Å². The van der Waals surface area contributed by atoms with Gasteiger partial charge in [-0.2, -0.15) is 0 Å². The van der Waals surface area contributed by atoms with Crippen molar-refractivity contribution in [3.05, 3.63) is 64.7 Å². The van der Waals surface area contributed by atoms with Crippen LogP contribution in [0.2, 0.25) is 0 Å². The maximum Gasteiger partial charge on any atom is 0.342 e. The monoisotopic (exact) mass is 300 g/mol. The van der Waals surface area contributed by atoms with E-state index in [4.69, 9.17) is 4.74 Å². The Morgan fingerprint density at radius 1 is 1.09 bits per heavy atom. The van der Waals surface area contributed by atoms with Gasteiger partial charge in [-0.3, -0.25) is 0 Å². The van der Waals surface area contributed by atoms with Crippen LogP contribution in [0.5, 0.6) is 5.75 Å². The van der Waals surface area contributed by atoms with Crippen LogP contribution in [0.4, 0.5) is 0 Å². The van der Waals surface area contributed by atoms with Crippen LogP contribution in [0.15, 0.2) is 42.5 Å². The summed E-state index contributed by atoms with van der Waals surface area (Å²) < 4.78 is 9.79. The molecule has 0 heterocycles. The zero-order chi connectivity index (χ0) is 16.1. The van der Waals surface area contributed by atoms with Gasteiger partial charge in [-0.15, -0.1) is 0 Å². The lowest BCUT2D eigenvalue weighted by Crippen LogP contribution is -2.07. The molecule has 5 heteroatoms. The molecule has 0 unspecified atom stereocenters. The van der Waals surface area contributed by atoms with Crippen molar-refractivity contribution in [1.29, 1.82) is 0 Å². The minimum absolute atomic E-state index is 0.00299. The fourth-order valence-electron chi connectivity index (χ4n) is 1.95. The van der Waals surface area contributed by atoms with Crippen LogP contribution in [-0.2, 0) is 16.1 Å². The molecule has 0 radical (unpaired) electrons. The number of ether oxygens (including phenoxy) is 2. The molecule has 0 bridgehead atoms. The molecule has 0 saturated heterocycles. The van der Waals surface area contributed by atoms with Gasteiger partial charge >= 0.3 is 11.9 Å². The molecule has 0 aliphatic carbocycles. The Bertz CT molecular complexity index is 706. The summed E-state index contributed by atoms with van der Waals surface area (Å²) >= 11 is 0. The van der Waals surface area contributed by atoms with Crippen molar-refractivity contribution in [2.45, 2.75) is 13.5 Å². The minimum Gasteiger partial charge on any atom is -0.507 e. The first-order chi connectivity index (χ1) is 10.5. The van der Waals surface area contributed by atoms with Gasteiger partial charge in [-0.25, -0.2) is 9.59 Å². The minimum atomic E-state index is -0.624. The topological polar surface area (TPSA) is 72.8 Å². The summed E-state index contributed by atoms with van der Waals surface area (Å²) in [5.74, 6) is -1.20. The van der Waals surface area contributed by atoms with E-state index in [2.05, 4.69) is 4.74 Å². The van der Waals surface area contributed by atoms with E-state index in [0.717, 1.165) is 5.56 Å². The van der Waals surface area contributed by atoms with Crippen LogP contribution >= 0.6 is 0 Å². The first-order valence-corrected chi connectivity index (χ1v) is 6.65. The number of phenolic OH excluding ortho intramolecular Hbond substituents is 1. The summed E-state index contributed by atoms with van der Waals surface area (Å²) in [6.07, 6.45) is 0. The Kier molecular flexibility index (Phi) is 4.78. The molecule has 0 saturated carbocycles. The maximum atomic E-state index is 12.0. The Labute approximate surface area is 128 Å². The van der Waals surface area contributed by atoms with E-state index >= 15 is 0 Å². The third-order valence-corrected chi connectivity index (χ3v) is 3.09. The predicted molar refractivity (Wildman–Crippen MR) is 79.7 cm³/mol. The van der Waals surface area contributed by atoms with Crippen LogP contribution in [0.25, 0.3) is 0 Å². The molecule has 5 nitrogen and oxygen atoms in total. The summed E-state index contributed by atoms with van der Waals surface area (Å²) in [5.41, 5.74) is 1.99. The van der Waals surface area contributed by atoms with E-state index < -0.39 is 11.9 Å².